The van der Waals surface area contributed by atoms with Crippen molar-refractivity contribution in [2.45, 2.75) is 17.3 Å². The van der Waals surface area contributed by atoms with Crippen LogP contribution in [0.4, 0.5) is 5.69 Å². The van der Waals surface area contributed by atoms with Gasteiger partial charge in [0.1, 0.15) is 6.33 Å². The molecule has 0 saturated heterocycles. The molecule has 0 radical (unpaired) electrons. The summed E-state index contributed by atoms with van der Waals surface area (Å²) in [7, 11) is 1.85. The van der Waals surface area contributed by atoms with Gasteiger partial charge in [0, 0.05) is 19.4 Å². The minimum atomic E-state index is -0.302. The number of rotatable bonds is 5. The first-order valence-electron chi connectivity index (χ1n) is 7.05. The third-order valence-corrected chi connectivity index (χ3v) is 4.38. The Hall–Kier alpha value is -2.61. The van der Waals surface area contributed by atoms with Crippen LogP contribution in [0.25, 0.3) is 5.69 Å². The second-order valence-electron chi connectivity index (χ2n) is 4.94. The van der Waals surface area contributed by atoms with Crippen molar-refractivity contribution >= 4 is 23.4 Å². The highest BCUT2D eigenvalue weighted by molar-refractivity contribution is 8.00. The molecule has 7 nitrogen and oxygen atoms in total. The van der Waals surface area contributed by atoms with Crippen LogP contribution in [0.15, 0.2) is 54.2 Å². The molecule has 3 aromatic rings. The number of amides is 1. The zero-order chi connectivity index (χ0) is 16.2. The number of benzene rings is 1. The van der Waals surface area contributed by atoms with Gasteiger partial charge in [0.15, 0.2) is 5.16 Å². The molecule has 0 bridgehead atoms. The van der Waals surface area contributed by atoms with Crippen molar-refractivity contribution in [1.29, 1.82) is 0 Å². The number of carbonyl (C=O) groups excluding carboxylic acids is 1. The number of hydrogen-bond acceptors (Lipinski definition) is 5. The minimum Gasteiger partial charge on any atom is -0.323 e. The van der Waals surface area contributed by atoms with Gasteiger partial charge in [-0.3, -0.25) is 4.79 Å². The molecule has 0 unspecified atom stereocenters. The Morgan fingerprint density at radius 3 is 2.83 bits per heavy atom. The van der Waals surface area contributed by atoms with Gasteiger partial charge in [0.05, 0.1) is 16.6 Å². The van der Waals surface area contributed by atoms with Crippen LogP contribution in [0.1, 0.15) is 6.92 Å². The standard InChI is InChI=1S/C15H16N6OS/c1-11(23-15-19-16-10-20(15)2)14(22)18-12-6-3-4-7-13(12)21-9-5-8-17-21/h3-11H,1-2H3,(H,18,22)/t11-/m1/s1. The molecule has 3 rings (SSSR count). The Morgan fingerprint density at radius 1 is 1.30 bits per heavy atom. The lowest BCUT2D eigenvalue weighted by molar-refractivity contribution is -0.115. The van der Waals surface area contributed by atoms with Crippen LogP contribution in [0, 0.1) is 0 Å². The minimum absolute atomic E-state index is 0.0994. The summed E-state index contributed by atoms with van der Waals surface area (Å²) in [5.74, 6) is -0.0994. The number of aryl methyl sites for hydroxylation is 1. The average molecular weight is 328 g/mol. The number of para-hydroxylation sites is 2. The van der Waals surface area contributed by atoms with E-state index in [1.807, 2.05) is 50.5 Å². The van der Waals surface area contributed by atoms with E-state index in [4.69, 9.17) is 0 Å². The maximum absolute atomic E-state index is 12.5. The number of nitrogens with one attached hydrogen (secondary N) is 1. The van der Waals surface area contributed by atoms with Crippen molar-refractivity contribution in [3.8, 4) is 5.69 Å². The van der Waals surface area contributed by atoms with E-state index < -0.39 is 0 Å². The predicted octanol–water partition coefficient (Wildman–Crippen LogP) is 2.12. The van der Waals surface area contributed by atoms with Gasteiger partial charge >= 0.3 is 0 Å². The number of aromatic nitrogens is 5. The predicted molar refractivity (Wildman–Crippen MR) is 88.5 cm³/mol. The third-order valence-electron chi connectivity index (χ3n) is 3.23. The van der Waals surface area contributed by atoms with Gasteiger partial charge < -0.3 is 9.88 Å². The lowest BCUT2D eigenvalue weighted by atomic mass is 10.2. The Kier molecular flexibility index (Phi) is 4.42. The lowest BCUT2D eigenvalue weighted by Crippen LogP contribution is -2.23. The van der Waals surface area contributed by atoms with Crippen molar-refractivity contribution in [3.05, 3.63) is 49.1 Å². The Morgan fingerprint density at radius 2 is 2.13 bits per heavy atom. The first kappa shape index (κ1) is 15.3. The molecule has 23 heavy (non-hydrogen) atoms. The summed E-state index contributed by atoms with van der Waals surface area (Å²) in [6.45, 7) is 1.84. The molecule has 1 N–H and O–H groups in total. The fourth-order valence-corrected chi connectivity index (χ4v) is 2.81. The molecule has 8 heteroatoms. The fourth-order valence-electron chi connectivity index (χ4n) is 2.02. The largest absolute Gasteiger partial charge is 0.323 e. The van der Waals surface area contributed by atoms with Gasteiger partial charge in [-0.15, -0.1) is 10.2 Å². The lowest BCUT2D eigenvalue weighted by Gasteiger charge is -2.14. The van der Waals surface area contributed by atoms with E-state index in [1.165, 1.54) is 11.8 Å². The van der Waals surface area contributed by atoms with Crippen LogP contribution in [0.5, 0.6) is 0 Å². The molecule has 0 aliphatic heterocycles. The van der Waals surface area contributed by atoms with Crippen LogP contribution >= 0.6 is 11.8 Å². The Labute approximate surface area is 137 Å². The van der Waals surface area contributed by atoms with E-state index in [1.54, 1.807) is 21.8 Å². The number of hydrogen-bond donors (Lipinski definition) is 1. The van der Waals surface area contributed by atoms with Crippen molar-refractivity contribution < 1.29 is 4.79 Å². The van der Waals surface area contributed by atoms with E-state index in [0.717, 1.165) is 5.69 Å². The number of thioether (sulfide) groups is 1. The molecule has 1 amide bonds. The molecule has 2 aromatic heterocycles. The van der Waals surface area contributed by atoms with Crippen molar-refractivity contribution in [2.24, 2.45) is 7.05 Å². The molecule has 1 atom stereocenters. The summed E-state index contributed by atoms with van der Waals surface area (Å²) < 4.78 is 3.50. The average Bonchev–Trinajstić information content (AvgIpc) is 3.20. The van der Waals surface area contributed by atoms with Crippen molar-refractivity contribution in [3.63, 3.8) is 0 Å². The number of nitrogens with zero attached hydrogens (tertiary/aromatic N) is 5. The fraction of sp³-hybridized carbons (Fsp3) is 0.200. The Bertz CT molecular complexity index is 798. The molecule has 1 aromatic carbocycles. The van der Waals surface area contributed by atoms with Crippen LogP contribution in [-0.4, -0.2) is 35.7 Å². The molecular formula is C15H16N6OS. The highest BCUT2D eigenvalue weighted by Crippen LogP contribution is 2.23. The zero-order valence-corrected chi connectivity index (χ0v) is 13.6. The second-order valence-corrected chi connectivity index (χ2v) is 6.25. The van der Waals surface area contributed by atoms with Crippen LogP contribution in [-0.2, 0) is 11.8 Å². The quantitative estimate of drug-likeness (QED) is 0.726. The maximum atomic E-state index is 12.5. The highest BCUT2D eigenvalue weighted by Gasteiger charge is 2.18. The summed E-state index contributed by atoms with van der Waals surface area (Å²) in [4.78, 5) is 12.5. The molecule has 0 aliphatic carbocycles. The first-order chi connectivity index (χ1) is 11.1. The van der Waals surface area contributed by atoms with Crippen LogP contribution in [0.2, 0.25) is 0 Å². The Balaban J connectivity index is 1.74. The van der Waals surface area contributed by atoms with Crippen molar-refractivity contribution in [2.75, 3.05) is 5.32 Å². The van der Waals surface area contributed by atoms with E-state index >= 15 is 0 Å². The zero-order valence-electron chi connectivity index (χ0n) is 12.7. The summed E-state index contributed by atoms with van der Waals surface area (Å²) in [5.41, 5.74) is 1.54. The molecule has 0 fully saturated rings. The van der Waals surface area contributed by atoms with E-state index in [2.05, 4.69) is 20.6 Å². The van der Waals surface area contributed by atoms with Gasteiger partial charge in [-0.1, -0.05) is 23.9 Å². The normalized spacial score (nSPS) is 12.1. The first-order valence-corrected chi connectivity index (χ1v) is 7.93. The van der Waals surface area contributed by atoms with Gasteiger partial charge in [-0.05, 0) is 25.1 Å². The smallest absolute Gasteiger partial charge is 0.237 e. The van der Waals surface area contributed by atoms with Gasteiger partial charge in [-0.25, -0.2) is 4.68 Å². The van der Waals surface area contributed by atoms with E-state index in [-0.39, 0.29) is 11.2 Å². The molecule has 2 heterocycles. The summed E-state index contributed by atoms with van der Waals surface area (Å²) in [6.07, 6.45) is 5.15. The van der Waals surface area contributed by atoms with E-state index in [0.29, 0.717) is 10.8 Å². The van der Waals surface area contributed by atoms with Crippen molar-refractivity contribution in [1.82, 2.24) is 24.5 Å². The van der Waals surface area contributed by atoms with Gasteiger partial charge in [0.2, 0.25) is 5.91 Å². The van der Waals surface area contributed by atoms with E-state index in [9.17, 15) is 4.79 Å². The summed E-state index contributed by atoms with van der Waals surface area (Å²) in [5, 5.41) is 15.4. The molecule has 0 spiro atoms. The van der Waals surface area contributed by atoms with Gasteiger partial charge in [-0.2, -0.15) is 5.10 Å². The monoisotopic (exact) mass is 328 g/mol. The molecule has 118 valence electrons. The molecule has 0 aliphatic rings. The molecular weight excluding hydrogens is 312 g/mol. The van der Waals surface area contributed by atoms with Crippen LogP contribution in [0.3, 0.4) is 0 Å². The second kappa shape index (κ2) is 6.66. The number of anilines is 1. The number of carbonyl (C=O) groups is 1. The van der Waals surface area contributed by atoms with Gasteiger partial charge in [0.25, 0.3) is 0 Å². The highest BCUT2D eigenvalue weighted by atomic mass is 32.2. The van der Waals surface area contributed by atoms with Crippen LogP contribution < -0.4 is 5.32 Å². The third kappa shape index (κ3) is 3.42. The SMILES string of the molecule is C[C@@H](Sc1nncn1C)C(=O)Nc1ccccc1-n1cccn1. The topological polar surface area (TPSA) is 77.6 Å². The maximum Gasteiger partial charge on any atom is 0.237 e. The molecule has 0 saturated carbocycles. The summed E-state index contributed by atoms with van der Waals surface area (Å²) >= 11 is 1.36. The summed E-state index contributed by atoms with van der Waals surface area (Å²) in [6, 6.07) is 9.39.